The molecule has 1 saturated heterocycles. The third kappa shape index (κ3) is 3.22. The van der Waals surface area contributed by atoms with Crippen LogP contribution >= 0.6 is 11.6 Å². The molecule has 8 heteroatoms. The van der Waals surface area contributed by atoms with Gasteiger partial charge in [0.2, 0.25) is 5.91 Å². The molecule has 0 spiro atoms. The Morgan fingerprint density at radius 1 is 1.07 bits per heavy atom. The number of ketones is 1. The normalized spacial score (nSPS) is 16.9. The number of fused-ring (bicyclic) bond motifs is 1. The van der Waals surface area contributed by atoms with Crippen LogP contribution in [0.1, 0.15) is 39.3 Å². The Morgan fingerprint density at radius 3 is 2.61 bits per heavy atom. The first-order valence-electron chi connectivity index (χ1n) is 9.09. The van der Waals surface area contributed by atoms with Gasteiger partial charge in [0.15, 0.2) is 5.78 Å². The fourth-order valence-corrected chi connectivity index (χ4v) is 3.91. The van der Waals surface area contributed by atoms with E-state index in [-0.39, 0.29) is 36.9 Å². The van der Waals surface area contributed by atoms with E-state index >= 15 is 0 Å². The lowest BCUT2D eigenvalue weighted by Crippen LogP contribution is -2.53. The van der Waals surface area contributed by atoms with Crippen LogP contribution in [0.15, 0.2) is 35.1 Å². The number of carbonyl (C=O) groups is 3. The molecule has 1 N–H and O–H groups in total. The number of piperazine rings is 1. The first-order valence-corrected chi connectivity index (χ1v) is 9.47. The van der Waals surface area contributed by atoms with Crippen LogP contribution in [0.3, 0.4) is 0 Å². The zero-order valence-electron chi connectivity index (χ0n) is 15.0. The molecule has 0 radical (unpaired) electrons. The number of pyridine rings is 1. The molecule has 1 aromatic heterocycles. The third-order valence-electron chi connectivity index (χ3n) is 5.14. The summed E-state index contributed by atoms with van der Waals surface area (Å²) in [5, 5.41) is 0.459. The fraction of sp³-hybridized carbons (Fsp3) is 0.300. The molecule has 0 unspecified atom stereocenters. The van der Waals surface area contributed by atoms with Crippen molar-refractivity contribution in [3.8, 4) is 0 Å². The van der Waals surface area contributed by atoms with Crippen molar-refractivity contribution in [3.63, 3.8) is 0 Å². The molecule has 144 valence electrons. The maximum atomic E-state index is 12.9. The highest BCUT2D eigenvalue weighted by molar-refractivity contribution is 6.33. The van der Waals surface area contributed by atoms with Gasteiger partial charge in [-0.1, -0.05) is 23.7 Å². The zero-order valence-corrected chi connectivity index (χ0v) is 15.8. The van der Waals surface area contributed by atoms with Crippen LogP contribution < -0.4 is 10.5 Å². The standard InChI is InChI=1S/C20H18ClN3O4/c21-14-4-1-2-6-16(14)24-9-8-23(11-18(24)26)20(28)13-10-12-15(22-19(13)27)5-3-7-17(12)25/h1-2,4,6,10H,3,5,7-9,11H2,(H,22,27). The quantitative estimate of drug-likeness (QED) is 0.836. The molecule has 1 aromatic carbocycles. The molecule has 1 aliphatic heterocycles. The summed E-state index contributed by atoms with van der Waals surface area (Å²) in [6.45, 7) is 0.380. The number of H-pyrrole nitrogens is 1. The number of para-hydroxylation sites is 1. The number of rotatable bonds is 2. The molecule has 2 heterocycles. The van der Waals surface area contributed by atoms with Crippen molar-refractivity contribution in [2.45, 2.75) is 19.3 Å². The molecule has 2 amide bonds. The predicted molar refractivity (Wildman–Crippen MR) is 104 cm³/mol. The smallest absolute Gasteiger partial charge is 0.261 e. The lowest BCUT2D eigenvalue weighted by atomic mass is 9.93. The topological polar surface area (TPSA) is 90.5 Å². The lowest BCUT2D eigenvalue weighted by Gasteiger charge is -2.34. The van der Waals surface area contributed by atoms with E-state index in [1.165, 1.54) is 15.9 Å². The molecule has 4 rings (SSSR count). The Balaban J connectivity index is 1.57. The number of carbonyl (C=O) groups excluding carboxylic acids is 3. The maximum Gasteiger partial charge on any atom is 0.261 e. The van der Waals surface area contributed by atoms with E-state index in [9.17, 15) is 19.2 Å². The molecule has 0 saturated carbocycles. The van der Waals surface area contributed by atoms with Crippen molar-refractivity contribution in [1.29, 1.82) is 0 Å². The minimum atomic E-state index is -0.547. The second kappa shape index (κ2) is 7.24. The molecule has 2 aliphatic rings. The van der Waals surface area contributed by atoms with Gasteiger partial charge >= 0.3 is 0 Å². The molecular weight excluding hydrogens is 382 g/mol. The average Bonchev–Trinajstić information content (AvgIpc) is 2.68. The monoisotopic (exact) mass is 399 g/mol. The minimum absolute atomic E-state index is 0.0776. The highest BCUT2D eigenvalue weighted by atomic mass is 35.5. The Morgan fingerprint density at radius 2 is 1.86 bits per heavy atom. The van der Waals surface area contributed by atoms with Crippen LogP contribution in [0.2, 0.25) is 5.02 Å². The van der Waals surface area contributed by atoms with Crippen LogP contribution in [0, 0.1) is 0 Å². The van der Waals surface area contributed by atoms with E-state index in [0.29, 0.717) is 41.2 Å². The zero-order chi connectivity index (χ0) is 19.8. The molecule has 0 bridgehead atoms. The molecule has 1 aliphatic carbocycles. The van der Waals surface area contributed by atoms with Gasteiger partial charge in [0.05, 0.1) is 10.7 Å². The van der Waals surface area contributed by atoms with E-state index in [0.717, 1.165) is 0 Å². The maximum absolute atomic E-state index is 12.9. The van der Waals surface area contributed by atoms with Crippen LogP contribution in [-0.4, -0.2) is 47.1 Å². The van der Waals surface area contributed by atoms with Crippen molar-refractivity contribution >= 4 is 34.9 Å². The number of nitrogens with zero attached hydrogens (tertiary/aromatic N) is 2. The lowest BCUT2D eigenvalue weighted by molar-refractivity contribution is -0.120. The van der Waals surface area contributed by atoms with Gasteiger partial charge < -0.3 is 14.8 Å². The molecule has 7 nitrogen and oxygen atoms in total. The average molecular weight is 400 g/mol. The number of anilines is 1. The van der Waals surface area contributed by atoms with E-state index in [1.807, 2.05) is 0 Å². The summed E-state index contributed by atoms with van der Waals surface area (Å²) >= 11 is 6.17. The number of benzene rings is 1. The number of halogens is 1. The second-order valence-corrected chi connectivity index (χ2v) is 7.31. The highest BCUT2D eigenvalue weighted by Crippen LogP contribution is 2.27. The highest BCUT2D eigenvalue weighted by Gasteiger charge is 2.31. The second-order valence-electron chi connectivity index (χ2n) is 6.90. The number of hydrogen-bond donors (Lipinski definition) is 1. The summed E-state index contributed by atoms with van der Waals surface area (Å²) in [5.74, 6) is -0.904. The number of Topliss-reactive ketones (excluding diaryl/α,β-unsaturated/α-hetero) is 1. The summed E-state index contributed by atoms with van der Waals surface area (Å²) in [4.78, 5) is 55.5. The molecule has 1 fully saturated rings. The van der Waals surface area contributed by atoms with Gasteiger partial charge in [-0.2, -0.15) is 0 Å². The van der Waals surface area contributed by atoms with Crippen molar-refractivity contribution in [3.05, 3.63) is 62.5 Å². The Hall–Kier alpha value is -2.93. The number of aryl methyl sites for hydroxylation is 1. The molecule has 0 atom stereocenters. The van der Waals surface area contributed by atoms with E-state index in [2.05, 4.69) is 4.98 Å². The SMILES string of the molecule is O=C1CCCc2[nH]c(=O)c(C(=O)N3CCN(c4ccccc4Cl)C(=O)C3)cc21. The summed E-state index contributed by atoms with van der Waals surface area (Å²) in [6, 6.07) is 8.39. The molecule has 2 aromatic rings. The van der Waals surface area contributed by atoms with Crippen LogP contribution in [0.25, 0.3) is 0 Å². The van der Waals surface area contributed by atoms with Crippen molar-refractivity contribution in [2.24, 2.45) is 0 Å². The number of nitrogens with one attached hydrogen (secondary N) is 1. The Kier molecular flexibility index (Phi) is 4.77. The summed E-state index contributed by atoms with van der Waals surface area (Å²) in [7, 11) is 0. The van der Waals surface area contributed by atoms with Crippen molar-refractivity contribution < 1.29 is 14.4 Å². The predicted octanol–water partition coefficient (Wildman–Crippen LogP) is 2.04. The van der Waals surface area contributed by atoms with Crippen LogP contribution in [0.4, 0.5) is 5.69 Å². The van der Waals surface area contributed by atoms with E-state index < -0.39 is 11.5 Å². The van der Waals surface area contributed by atoms with E-state index in [4.69, 9.17) is 11.6 Å². The summed E-state index contributed by atoms with van der Waals surface area (Å²) in [5.41, 5.74) is 0.943. The van der Waals surface area contributed by atoms with Gasteiger partial charge in [0, 0.05) is 30.8 Å². The number of hydrogen-bond acceptors (Lipinski definition) is 4. The van der Waals surface area contributed by atoms with Crippen molar-refractivity contribution in [1.82, 2.24) is 9.88 Å². The molecule has 28 heavy (non-hydrogen) atoms. The van der Waals surface area contributed by atoms with Gasteiger partial charge in [-0.15, -0.1) is 0 Å². The van der Waals surface area contributed by atoms with Gasteiger partial charge in [-0.3, -0.25) is 19.2 Å². The largest absolute Gasteiger partial charge is 0.327 e. The van der Waals surface area contributed by atoms with Gasteiger partial charge in [-0.05, 0) is 31.0 Å². The van der Waals surface area contributed by atoms with Crippen LogP contribution in [0.5, 0.6) is 0 Å². The van der Waals surface area contributed by atoms with Crippen LogP contribution in [-0.2, 0) is 11.2 Å². The van der Waals surface area contributed by atoms with Gasteiger partial charge in [0.1, 0.15) is 12.1 Å². The van der Waals surface area contributed by atoms with Gasteiger partial charge in [0.25, 0.3) is 11.5 Å². The Labute approximate surface area is 165 Å². The number of amides is 2. The fourth-order valence-electron chi connectivity index (χ4n) is 3.68. The number of aromatic nitrogens is 1. The first-order chi connectivity index (χ1) is 13.5. The van der Waals surface area contributed by atoms with Gasteiger partial charge in [-0.25, -0.2) is 0 Å². The summed E-state index contributed by atoms with van der Waals surface area (Å²) < 4.78 is 0. The van der Waals surface area contributed by atoms with E-state index in [1.54, 1.807) is 24.3 Å². The van der Waals surface area contributed by atoms with Crippen molar-refractivity contribution in [2.75, 3.05) is 24.5 Å². The third-order valence-corrected chi connectivity index (χ3v) is 5.46. The number of aromatic amines is 1. The molecular formula is C20H18ClN3O4. The first kappa shape index (κ1) is 18.4. The minimum Gasteiger partial charge on any atom is -0.327 e. The Bertz CT molecular complexity index is 1050. The summed E-state index contributed by atoms with van der Waals surface area (Å²) in [6.07, 6.45) is 1.70.